The lowest BCUT2D eigenvalue weighted by Crippen LogP contribution is -2.33. The average Bonchev–Trinajstić information content (AvgIpc) is 2.65. The average molecular weight is 370 g/mol. The summed E-state index contributed by atoms with van der Waals surface area (Å²) in [6.07, 6.45) is 4.03. The van der Waals surface area contributed by atoms with Crippen molar-refractivity contribution in [1.29, 1.82) is 0 Å². The van der Waals surface area contributed by atoms with Crippen LogP contribution in [-0.2, 0) is 11.2 Å². The quantitative estimate of drug-likeness (QED) is 0.748. The lowest BCUT2D eigenvalue weighted by atomic mass is 9.96. The van der Waals surface area contributed by atoms with Gasteiger partial charge in [0, 0.05) is 28.9 Å². The van der Waals surface area contributed by atoms with Gasteiger partial charge in [-0.15, -0.1) is 0 Å². The van der Waals surface area contributed by atoms with E-state index in [1.54, 1.807) is 37.3 Å². The van der Waals surface area contributed by atoms with Gasteiger partial charge in [-0.05, 0) is 47.9 Å². The SMILES string of the molecule is C=C1c2cc(OC)c(OC)cc2CCN1C(=O)/C=C/c1cccc(Cl)c1. The van der Waals surface area contributed by atoms with Gasteiger partial charge in [0.05, 0.1) is 14.2 Å². The van der Waals surface area contributed by atoms with E-state index in [0.717, 1.165) is 23.1 Å². The molecule has 0 fully saturated rings. The molecular formula is C21H20ClNO3. The Kier molecular flexibility index (Phi) is 5.33. The second-order valence-corrected chi connectivity index (χ2v) is 6.38. The maximum absolute atomic E-state index is 12.6. The number of fused-ring (bicyclic) bond motifs is 1. The summed E-state index contributed by atoms with van der Waals surface area (Å²) in [5.41, 5.74) is 3.53. The molecule has 1 amide bonds. The lowest BCUT2D eigenvalue weighted by Gasteiger charge is -2.30. The third-order valence-electron chi connectivity index (χ3n) is 4.38. The summed E-state index contributed by atoms with van der Waals surface area (Å²) in [5.74, 6) is 1.19. The lowest BCUT2D eigenvalue weighted by molar-refractivity contribution is -0.123. The maximum Gasteiger partial charge on any atom is 0.250 e. The van der Waals surface area contributed by atoms with Crippen molar-refractivity contribution in [2.45, 2.75) is 6.42 Å². The molecule has 0 bridgehead atoms. The predicted octanol–water partition coefficient (Wildman–Crippen LogP) is 4.43. The van der Waals surface area contributed by atoms with Gasteiger partial charge in [0.25, 0.3) is 5.91 Å². The number of halogens is 1. The number of benzene rings is 2. The fraction of sp³-hybridized carbons (Fsp3) is 0.190. The topological polar surface area (TPSA) is 38.8 Å². The van der Waals surface area contributed by atoms with Gasteiger partial charge < -0.3 is 14.4 Å². The summed E-state index contributed by atoms with van der Waals surface area (Å²) in [6.45, 7) is 4.68. The molecule has 4 nitrogen and oxygen atoms in total. The molecule has 0 unspecified atom stereocenters. The molecule has 0 spiro atoms. The monoisotopic (exact) mass is 369 g/mol. The molecule has 1 aliphatic heterocycles. The van der Waals surface area contributed by atoms with Crippen molar-refractivity contribution in [3.63, 3.8) is 0 Å². The largest absolute Gasteiger partial charge is 0.493 e. The summed E-state index contributed by atoms with van der Waals surface area (Å²) in [7, 11) is 3.20. The van der Waals surface area contributed by atoms with Crippen LogP contribution in [0, 0.1) is 0 Å². The molecule has 0 saturated carbocycles. The van der Waals surface area contributed by atoms with Crippen molar-refractivity contribution in [1.82, 2.24) is 4.90 Å². The van der Waals surface area contributed by atoms with E-state index in [1.807, 2.05) is 30.3 Å². The maximum atomic E-state index is 12.6. The Morgan fingerprint density at radius 2 is 1.92 bits per heavy atom. The van der Waals surface area contributed by atoms with Gasteiger partial charge in [-0.2, -0.15) is 0 Å². The Balaban J connectivity index is 1.83. The molecular weight excluding hydrogens is 350 g/mol. The first-order valence-corrected chi connectivity index (χ1v) is 8.60. The molecule has 0 radical (unpaired) electrons. The zero-order chi connectivity index (χ0) is 18.7. The third-order valence-corrected chi connectivity index (χ3v) is 4.62. The molecule has 0 atom stereocenters. The van der Waals surface area contributed by atoms with Gasteiger partial charge in [-0.3, -0.25) is 4.79 Å². The minimum absolute atomic E-state index is 0.115. The van der Waals surface area contributed by atoms with Gasteiger partial charge in [0.15, 0.2) is 11.5 Å². The highest BCUT2D eigenvalue weighted by Gasteiger charge is 2.25. The number of hydrogen-bond acceptors (Lipinski definition) is 3. The first kappa shape index (κ1) is 18.1. The zero-order valence-corrected chi connectivity index (χ0v) is 15.5. The molecule has 0 aromatic heterocycles. The van der Waals surface area contributed by atoms with Crippen molar-refractivity contribution in [2.24, 2.45) is 0 Å². The molecule has 134 valence electrons. The van der Waals surface area contributed by atoms with E-state index in [2.05, 4.69) is 6.58 Å². The number of nitrogens with zero attached hydrogens (tertiary/aromatic N) is 1. The molecule has 26 heavy (non-hydrogen) atoms. The van der Waals surface area contributed by atoms with E-state index in [-0.39, 0.29) is 5.91 Å². The number of carbonyl (C=O) groups is 1. The van der Waals surface area contributed by atoms with Crippen LogP contribution in [0.4, 0.5) is 0 Å². The predicted molar refractivity (Wildman–Crippen MR) is 104 cm³/mol. The second-order valence-electron chi connectivity index (χ2n) is 5.94. The standard InChI is InChI=1S/C21H20ClNO3/c1-14-18-13-20(26-3)19(25-2)12-16(18)9-10-23(14)21(24)8-7-15-5-4-6-17(22)11-15/h4-8,11-13H,1,9-10H2,2-3H3/b8-7+. The first-order chi connectivity index (χ1) is 12.5. The number of ether oxygens (including phenoxy) is 2. The molecule has 1 aliphatic rings. The Bertz CT molecular complexity index is 889. The highest BCUT2D eigenvalue weighted by atomic mass is 35.5. The van der Waals surface area contributed by atoms with Gasteiger partial charge in [-0.25, -0.2) is 0 Å². The Morgan fingerprint density at radius 1 is 1.19 bits per heavy atom. The summed E-state index contributed by atoms with van der Waals surface area (Å²) in [5, 5.41) is 0.636. The van der Waals surface area contributed by atoms with Crippen LogP contribution in [0.2, 0.25) is 5.02 Å². The van der Waals surface area contributed by atoms with Crippen LogP contribution in [0.1, 0.15) is 16.7 Å². The fourth-order valence-electron chi connectivity index (χ4n) is 3.02. The minimum atomic E-state index is -0.115. The Labute approximate surface area is 158 Å². The Morgan fingerprint density at radius 3 is 2.62 bits per heavy atom. The van der Waals surface area contributed by atoms with Crippen LogP contribution in [-0.4, -0.2) is 31.6 Å². The van der Waals surface area contributed by atoms with E-state index in [1.165, 1.54) is 0 Å². The molecule has 2 aromatic rings. The van der Waals surface area contributed by atoms with E-state index >= 15 is 0 Å². The highest BCUT2D eigenvalue weighted by molar-refractivity contribution is 6.30. The van der Waals surface area contributed by atoms with Crippen LogP contribution in [0.3, 0.4) is 0 Å². The normalized spacial score (nSPS) is 13.7. The van der Waals surface area contributed by atoms with Crippen molar-refractivity contribution in [3.8, 4) is 11.5 Å². The molecule has 2 aromatic carbocycles. The third kappa shape index (κ3) is 3.60. The van der Waals surface area contributed by atoms with Crippen molar-refractivity contribution in [2.75, 3.05) is 20.8 Å². The van der Waals surface area contributed by atoms with Crippen LogP contribution in [0.25, 0.3) is 11.8 Å². The molecule has 3 rings (SSSR count). The van der Waals surface area contributed by atoms with Crippen LogP contribution < -0.4 is 9.47 Å². The number of amides is 1. The van der Waals surface area contributed by atoms with E-state index < -0.39 is 0 Å². The summed E-state index contributed by atoms with van der Waals surface area (Å²) in [6, 6.07) is 11.2. The van der Waals surface area contributed by atoms with E-state index in [9.17, 15) is 4.79 Å². The fourth-order valence-corrected chi connectivity index (χ4v) is 3.22. The van der Waals surface area contributed by atoms with Crippen molar-refractivity contribution in [3.05, 3.63) is 70.8 Å². The van der Waals surface area contributed by atoms with Gasteiger partial charge >= 0.3 is 0 Å². The molecule has 1 heterocycles. The highest BCUT2D eigenvalue weighted by Crippen LogP contribution is 2.37. The van der Waals surface area contributed by atoms with Crippen molar-refractivity contribution < 1.29 is 14.3 Å². The Hall–Kier alpha value is -2.72. The van der Waals surface area contributed by atoms with Crippen LogP contribution in [0.5, 0.6) is 11.5 Å². The minimum Gasteiger partial charge on any atom is -0.493 e. The smallest absolute Gasteiger partial charge is 0.250 e. The van der Waals surface area contributed by atoms with Crippen LogP contribution in [0.15, 0.2) is 49.1 Å². The van der Waals surface area contributed by atoms with Crippen LogP contribution >= 0.6 is 11.6 Å². The van der Waals surface area contributed by atoms with Crippen molar-refractivity contribution >= 4 is 29.3 Å². The summed E-state index contributed by atoms with van der Waals surface area (Å²) < 4.78 is 10.7. The molecule has 5 heteroatoms. The van der Waals surface area contributed by atoms with Gasteiger partial charge in [-0.1, -0.05) is 30.3 Å². The molecule has 0 aliphatic carbocycles. The first-order valence-electron chi connectivity index (χ1n) is 8.23. The van der Waals surface area contributed by atoms with E-state index in [0.29, 0.717) is 28.8 Å². The molecule has 0 saturated heterocycles. The van der Waals surface area contributed by atoms with Gasteiger partial charge in [0.1, 0.15) is 0 Å². The number of hydrogen-bond donors (Lipinski definition) is 0. The second kappa shape index (κ2) is 7.67. The van der Waals surface area contributed by atoms with E-state index in [4.69, 9.17) is 21.1 Å². The number of rotatable bonds is 4. The van der Waals surface area contributed by atoms with Gasteiger partial charge in [0.2, 0.25) is 0 Å². The number of methoxy groups -OCH3 is 2. The summed E-state index contributed by atoms with van der Waals surface area (Å²) in [4.78, 5) is 14.3. The summed E-state index contributed by atoms with van der Waals surface area (Å²) >= 11 is 5.98. The molecule has 0 N–H and O–H groups in total. The number of carbonyl (C=O) groups excluding carboxylic acids is 1. The zero-order valence-electron chi connectivity index (χ0n) is 14.8.